The van der Waals surface area contributed by atoms with Gasteiger partial charge in [-0.25, -0.2) is 4.98 Å². The quantitative estimate of drug-likeness (QED) is 0.879. The lowest BCUT2D eigenvalue weighted by atomic mass is 10.2. The Bertz CT molecular complexity index is 726. The van der Waals surface area contributed by atoms with Crippen LogP contribution in [0.4, 0.5) is 5.82 Å². The molecule has 0 atom stereocenters. The largest absolute Gasteiger partial charge is 0.493 e. The lowest BCUT2D eigenvalue weighted by Gasteiger charge is -2.13. The second-order valence-corrected chi connectivity index (χ2v) is 5.49. The van der Waals surface area contributed by atoms with Crippen molar-refractivity contribution in [3.8, 4) is 17.6 Å². The standard InChI is InChI=1S/C16H16BrN3O2/c1-10-4-5-15(20-13(10)8-18)19-9-11-6-12(17)16(22-3)14(7-11)21-2/h4-7H,9H2,1-3H3,(H,19,20). The second-order valence-electron chi connectivity index (χ2n) is 4.64. The molecule has 1 aromatic heterocycles. The van der Waals surface area contributed by atoms with Gasteiger partial charge in [0.05, 0.1) is 18.7 Å². The van der Waals surface area contributed by atoms with Gasteiger partial charge in [0.25, 0.3) is 0 Å². The minimum Gasteiger partial charge on any atom is -0.493 e. The number of methoxy groups -OCH3 is 2. The van der Waals surface area contributed by atoms with Crippen LogP contribution in [-0.2, 0) is 6.54 Å². The highest BCUT2D eigenvalue weighted by Crippen LogP contribution is 2.36. The summed E-state index contributed by atoms with van der Waals surface area (Å²) in [6.07, 6.45) is 0. The maximum atomic E-state index is 9.01. The molecule has 2 rings (SSSR count). The minimum atomic E-state index is 0.429. The molecule has 0 amide bonds. The van der Waals surface area contributed by atoms with Crippen molar-refractivity contribution >= 4 is 21.7 Å². The fraction of sp³-hybridized carbons (Fsp3) is 0.250. The van der Waals surface area contributed by atoms with Gasteiger partial charge >= 0.3 is 0 Å². The molecule has 2 aromatic rings. The van der Waals surface area contributed by atoms with Crippen LogP contribution in [0.1, 0.15) is 16.8 Å². The van der Waals surface area contributed by atoms with E-state index in [1.54, 1.807) is 14.2 Å². The molecule has 6 heteroatoms. The number of nitriles is 1. The average Bonchev–Trinajstić information content (AvgIpc) is 2.53. The summed E-state index contributed by atoms with van der Waals surface area (Å²) in [6.45, 7) is 2.42. The van der Waals surface area contributed by atoms with Crippen LogP contribution >= 0.6 is 15.9 Å². The van der Waals surface area contributed by atoms with Crippen LogP contribution in [-0.4, -0.2) is 19.2 Å². The van der Waals surface area contributed by atoms with Gasteiger partial charge in [-0.3, -0.25) is 0 Å². The van der Waals surface area contributed by atoms with E-state index in [1.807, 2.05) is 31.2 Å². The molecule has 0 aliphatic rings. The molecule has 0 aliphatic heterocycles. The maximum Gasteiger partial charge on any atom is 0.174 e. The van der Waals surface area contributed by atoms with Gasteiger partial charge in [-0.2, -0.15) is 5.26 Å². The van der Waals surface area contributed by atoms with E-state index < -0.39 is 0 Å². The number of halogens is 1. The average molecular weight is 362 g/mol. The first-order chi connectivity index (χ1) is 10.6. The van der Waals surface area contributed by atoms with Crippen molar-refractivity contribution in [3.63, 3.8) is 0 Å². The Morgan fingerprint density at radius 1 is 1.27 bits per heavy atom. The highest BCUT2D eigenvalue weighted by atomic mass is 79.9. The zero-order valence-electron chi connectivity index (χ0n) is 12.6. The lowest BCUT2D eigenvalue weighted by Crippen LogP contribution is -2.04. The molecule has 0 saturated carbocycles. The van der Waals surface area contributed by atoms with E-state index in [4.69, 9.17) is 14.7 Å². The van der Waals surface area contributed by atoms with Gasteiger partial charge in [-0.15, -0.1) is 0 Å². The van der Waals surface area contributed by atoms with Crippen molar-refractivity contribution in [3.05, 3.63) is 45.6 Å². The SMILES string of the molecule is COc1cc(CNc2ccc(C)c(C#N)n2)cc(Br)c1OC. The zero-order valence-corrected chi connectivity index (χ0v) is 14.2. The fourth-order valence-corrected chi connectivity index (χ4v) is 2.66. The van der Waals surface area contributed by atoms with Crippen molar-refractivity contribution in [1.82, 2.24) is 4.98 Å². The smallest absolute Gasteiger partial charge is 0.174 e. The Hall–Kier alpha value is -2.26. The van der Waals surface area contributed by atoms with Crippen LogP contribution in [0.15, 0.2) is 28.7 Å². The summed E-state index contributed by atoms with van der Waals surface area (Å²) in [7, 11) is 3.20. The summed E-state index contributed by atoms with van der Waals surface area (Å²) in [5.41, 5.74) is 2.30. The van der Waals surface area contributed by atoms with Crippen molar-refractivity contribution in [2.45, 2.75) is 13.5 Å². The Morgan fingerprint density at radius 2 is 2.05 bits per heavy atom. The predicted octanol–water partition coefficient (Wildman–Crippen LogP) is 3.65. The van der Waals surface area contributed by atoms with Crippen LogP contribution in [0.3, 0.4) is 0 Å². The molecule has 0 bridgehead atoms. The third kappa shape index (κ3) is 3.49. The molecule has 0 radical (unpaired) electrons. The van der Waals surface area contributed by atoms with Crippen LogP contribution in [0.5, 0.6) is 11.5 Å². The van der Waals surface area contributed by atoms with Gasteiger partial charge in [-0.05, 0) is 52.2 Å². The summed E-state index contributed by atoms with van der Waals surface area (Å²) in [4.78, 5) is 4.26. The molecule has 0 saturated heterocycles. The van der Waals surface area contributed by atoms with Gasteiger partial charge < -0.3 is 14.8 Å². The van der Waals surface area contributed by atoms with Crippen molar-refractivity contribution in [2.75, 3.05) is 19.5 Å². The zero-order chi connectivity index (χ0) is 16.1. The van der Waals surface area contributed by atoms with E-state index in [0.717, 1.165) is 15.6 Å². The number of aromatic nitrogens is 1. The molecule has 1 aromatic carbocycles. The van der Waals surface area contributed by atoms with E-state index in [-0.39, 0.29) is 0 Å². The first-order valence-electron chi connectivity index (χ1n) is 6.61. The first-order valence-corrected chi connectivity index (χ1v) is 7.40. The number of rotatable bonds is 5. The molecular formula is C16H16BrN3O2. The maximum absolute atomic E-state index is 9.01. The molecule has 0 aliphatic carbocycles. The predicted molar refractivity (Wildman–Crippen MR) is 88.3 cm³/mol. The van der Waals surface area contributed by atoms with Crippen LogP contribution in [0.2, 0.25) is 0 Å². The summed E-state index contributed by atoms with van der Waals surface area (Å²) >= 11 is 3.47. The van der Waals surface area contributed by atoms with E-state index in [0.29, 0.717) is 29.6 Å². The normalized spacial score (nSPS) is 9.95. The molecule has 0 fully saturated rings. The second kappa shape index (κ2) is 7.14. The number of aryl methyl sites for hydroxylation is 1. The Balaban J connectivity index is 2.18. The van der Waals surface area contributed by atoms with E-state index >= 15 is 0 Å². The van der Waals surface area contributed by atoms with Gasteiger partial charge in [-0.1, -0.05) is 6.07 Å². The fourth-order valence-electron chi connectivity index (χ4n) is 2.01. The molecule has 0 spiro atoms. The number of hydrogen-bond acceptors (Lipinski definition) is 5. The van der Waals surface area contributed by atoms with Crippen LogP contribution < -0.4 is 14.8 Å². The topological polar surface area (TPSA) is 67.2 Å². The van der Waals surface area contributed by atoms with Gasteiger partial charge in [0, 0.05) is 6.54 Å². The third-order valence-corrected chi connectivity index (χ3v) is 3.76. The Kier molecular flexibility index (Phi) is 5.23. The van der Waals surface area contributed by atoms with Crippen LogP contribution in [0, 0.1) is 18.3 Å². The Labute approximate surface area is 138 Å². The number of pyridine rings is 1. The lowest BCUT2D eigenvalue weighted by molar-refractivity contribution is 0.352. The molecule has 0 unspecified atom stereocenters. The van der Waals surface area contributed by atoms with Crippen molar-refractivity contribution < 1.29 is 9.47 Å². The number of nitrogens with zero attached hydrogens (tertiary/aromatic N) is 2. The summed E-state index contributed by atoms with van der Waals surface area (Å²) in [5, 5.41) is 12.2. The van der Waals surface area contributed by atoms with E-state index in [2.05, 4.69) is 32.3 Å². The molecule has 1 heterocycles. The minimum absolute atomic E-state index is 0.429. The summed E-state index contributed by atoms with van der Waals surface area (Å²) in [5.74, 6) is 1.97. The molecular weight excluding hydrogens is 346 g/mol. The molecule has 5 nitrogen and oxygen atoms in total. The molecule has 22 heavy (non-hydrogen) atoms. The van der Waals surface area contributed by atoms with Crippen LogP contribution in [0.25, 0.3) is 0 Å². The summed E-state index contributed by atoms with van der Waals surface area (Å²) < 4.78 is 11.4. The van der Waals surface area contributed by atoms with E-state index in [1.165, 1.54) is 0 Å². The summed E-state index contributed by atoms with van der Waals surface area (Å²) in [6, 6.07) is 9.66. The Morgan fingerprint density at radius 3 is 2.68 bits per heavy atom. The number of benzene rings is 1. The van der Waals surface area contributed by atoms with E-state index in [9.17, 15) is 0 Å². The van der Waals surface area contributed by atoms with Gasteiger partial charge in [0.15, 0.2) is 11.5 Å². The first kappa shape index (κ1) is 16.1. The van der Waals surface area contributed by atoms with Gasteiger partial charge in [0.2, 0.25) is 0 Å². The highest BCUT2D eigenvalue weighted by molar-refractivity contribution is 9.10. The third-order valence-electron chi connectivity index (χ3n) is 3.17. The highest BCUT2D eigenvalue weighted by Gasteiger charge is 2.10. The number of ether oxygens (including phenoxy) is 2. The van der Waals surface area contributed by atoms with Crippen molar-refractivity contribution in [2.24, 2.45) is 0 Å². The monoisotopic (exact) mass is 361 g/mol. The number of nitrogens with one attached hydrogen (secondary N) is 1. The number of anilines is 1. The number of hydrogen-bond donors (Lipinski definition) is 1. The molecule has 1 N–H and O–H groups in total. The van der Waals surface area contributed by atoms with Gasteiger partial charge in [0.1, 0.15) is 17.6 Å². The van der Waals surface area contributed by atoms with Crippen molar-refractivity contribution in [1.29, 1.82) is 5.26 Å². The molecule has 114 valence electrons.